The van der Waals surface area contributed by atoms with E-state index in [1.807, 2.05) is 0 Å². The molecule has 0 amide bonds. The number of nitrogens with one attached hydrogen (secondary N) is 1. The highest BCUT2D eigenvalue weighted by molar-refractivity contribution is 9.11. The molecule has 18 heavy (non-hydrogen) atoms. The minimum atomic E-state index is -4.66. The monoisotopic (exact) mass is 324 g/mol. The average Bonchev–Trinajstić information content (AvgIpc) is 2.24. The lowest BCUT2D eigenvalue weighted by Gasteiger charge is -2.13. The topological polar surface area (TPSA) is 55.2 Å². The number of alkyl halides is 3. The van der Waals surface area contributed by atoms with Crippen molar-refractivity contribution in [2.24, 2.45) is 0 Å². The molecule has 0 fully saturated rings. The Hall–Kier alpha value is -1.57. The molecule has 1 N–H and O–H groups in total. The van der Waals surface area contributed by atoms with Crippen molar-refractivity contribution in [3.05, 3.63) is 44.9 Å². The van der Waals surface area contributed by atoms with Gasteiger partial charge < -0.3 is 5.32 Å². The molecule has 0 aliphatic rings. The van der Waals surface area contributed by atoms with Crippen LogP contribution < -0.4 is 5.32 Å². The fourth-order valence-corrected chi connectivity index (χ4v) is 1.37. The highest BCUT2D eigenvalue weighted by Crippen LogP contribution is 2.37. The van der Waals surface area contributed by atoms with E-state index in [4.69, 9.17) is 0 Å². The number of nitro benzene ring substituents is 1. The lowest BCUT2D eigenvalue weighted by Crippen LogP contribution is -2.12. The van der Waals surface area contributed by atoms with Crippen LogP contribution in [-0.2, 0) is 6.18 Å². The second-order valence-corrected chi connectivity index (χ2v) is 4.48. The van der Waals surface area contributed by atoms with Crippen LogP contribution in [0, 0.1) is 10.1 Å². The molecular formula is C10H8BrF3N2O2. The van der Waals surface area contributed by atoms with Crippen molar-refractivity contribution in [1.29, 1.82) is 0 Å². The first kappa shape index (κ1) is 14.5. The third-order valence-electron chi connectivity index (χ3n) is 1.99. The molecule has 0 saturated heterocycles. The van der Waals surface area contributed by atoms with Gasteiger partial charge in [-0.2, -0.15) is 13.2 Å². The van der Waals surface area contributed by atoms with Gasteiger partial charge in [-0.1, -0.05) is 22.5 Å². The molecule has 0 spiro atoms. The largest absolute Gasteiger partial charge is 0.418 e. The predicted molar refractivity (Wildman–Crippen MR) is 64.7 cm³/mol. The summed E-state index contributed by atoms with van der Waals surface area (Å²) in [5.41, 5.74) is -1.91. The summed E-state index contributed by atoms with van der Waals surface area (Å²) in [7, 11) is 0. The number of anilines is 1. The molecule has 0 saturated carbocycles. The highest BCUT2D eigenvalue weighted by Gasteiger charge is 2.35. The number of benzene rings is 1. The first-order chi connectivity index (χ1) is 8.21. The summed E-state index contributed by atoms with van der Waals surface area (Å²) in [5.74, 6) is 0. The molecule has 0 unspecified atom stereocenters. The number of hydrogen-bond donors (Lipinski definition) is 1. The molecule has 8 heteroatoms. The molecule has 1 aromatic rings. The van der Waals surface area contributed by atoms with Crippen LogP contribution in [0.2, 0.25) is 0 Å². The zero-order valence-corrected chi connectivity index (χ0v) is 10.5. The summed E-state index contributed by atoms with van der Waals surface area (Å²) in [6.07, 6.45) is -4.66. The Morgan fingerprint density at radius 2 is 2.11 bits per heavy atom. The number of halogens is 4. The Labute approximate surface area is 109 Å². The van der Waals surface area contributed by atoms with Gasteiger partial charge in [0.2, 0.25) is 0 Å². The number of hydrogen-bond acceptors (Lipinski definition) is 3. The smallest absolute Gasteiger partial charge is 0.380 e. The maximum atomic E-state index is 12.7. The fraction of sp³-hybridized carbons (Fsp3) is 0.200. The molecule has 0 aliphatic carbocycles. The molecule has 0 heterocycles. The Morgan fingerprint density at radius 3 is 2.56 bits per heavy atom. The van der Waals surface area contributed by atoms with Gasteiger partial charge in [-0.05, 0) is 6.07 Å². The zero-order chi connectivity index (χ0) is 13.9. The third-order valence-corrected chi connectivity index (χ3v) is 2.27. The molecule has 0 atom stereocenters. The van der Waals surface area contributed by atoms with Gasteiger partial charge in [0.25, 0.3) is 5.69 Å². The van der Waals surface area contributed by atoms with Gasteiger partial charge in [0.1, 0.15) is 0 Å². The Bertz CT molecular complexity index is 489. The van der Waals surface area contributed by atoms with E-state index in [1.54, 1.807) is 0 Å². The summed E-state index contributed by atoms with van der Waals surface area (Å²) in [5, 5.41) is 13.0. The van der Waals surface area contributed by atoms with Gasteiger partial charge in [-0.15, -0.1) is 0 Å². The Balaban J connectivity index is 3.17. The normalized spacial score (nSPS) is 11.1. The van der Waals surface area contributed by atoms with Crippen molar-refractivity contribution < 1.29 is 18.1 Å². The van der Waals surface area contributed by atoms with Crippen LogP contribution in [0.1, 0.15) is 5.56 Å². The van der Waals surface area contributed by atoms with E-state index >= 15 is 0 Å². The number of nitrogens with zero attached hydrogens (tertiary/aromatic N) is 1. The van der Waals surface area contributed by atoms with E-state index < -0.39 is 22.4 Å². The van der Waals surface area contributed by atoms with Crippen LogP contribution in [0.5, 0.6) is 0 Å². The average molecular weight is 325 g/mol. The third kappa shape index (κ3) is 3.73. The van der Waals surface area contributed by atoms with Crippen molar-refractivity contribution in [1.82, 2.24) is 0 Å². The lowest BCUT2D eigenvalue weighted by molar-refractivity contribution is -0.385. The van der Waals surface area contributed by atoms with Gasteiger partial charge in [-0.25, -0.2) is 0 Å². The maximum Gasteiger partial charge on any atom is 0.418 e. The molecule has 0 aromatic heterocycles. The van der Waals surface area contributed by atoms with Gasteiger partial charge in [0, 0.05) is 28.8 Å². The summed E-state index contributed by atoms with van der Waals surface area (Å²) in [6, 6.07) is 2.53. The molecule has 0 aliphatic heterocycles. The number of nitro groups is 1. The molecule has 0 bridgehead atoms. The molecule has 4 nitrogen and oxygen atoms in total. The number of rotatable bonds is 4. The van der Waals surface area contributed by atoms with Crippen LogP contribution in [0.15, 0.2) is 29.3 Å². The summed E-state index contributed by atoms with van der Waals surface area (Å²) >= 11 is 3.00. The second kappa shape index (κ2) is 5.38. The minimum Gasteiger partial charge on any atom is -0.380 e. The van der Waals surface area contributed by atoms with Gasteiger partial charge in [0.15, 0.2) is 0 Å². The van der Waals surface area contributed by atoms with Crippen LogP contribution in [0.25, 0.3) is 0 Å². The van der Waals surface area contributed by atoms with Crippen molar-refractivity contribution in [3.8, 4) is 0 Å². The lowest BCUT2D eigenvalue weighted by atomic mass is 10.1. The number of non-ortho nitro benzene ring substituents is 1. The SMILES string of the molecule is C=C(Br)CNc1ccc([N+](=O)[O-])cc1C(F)(F)F. The van der Waals surface area contributed by atoms with Crippen molar-refractivity contribution in [2.75, 3.05) is 11.9 Å². The molecule has 1 aromatic carbocycles. The van der Waals surface area contributed by atoms with Crippen molar-refractivity contribution in [3.63, 3.8) is 0 Å². The Morgan fingerprint density at radius 1 is 1.50 bits per heavy atom. The van der Waals surface area contributed by atoms with Gasteiger partial charge >= 0.3 is 6.18 Å². The van der Waals surface area contributed by atoms with E-state index in [0.29, 0.717) is 10.5 Å². The van der Waals surface area contributed by atoms with Crippen molar-refractivity contribution in [2.45, 2.75) is 6.18 Å². The highest BCUT2D eigenvalue weighted by atomic mass is 79.9. The quantitative estimate of drug-likeness (QED) is 0.674. The van der Waals surface area contributed by atoms with Gasteiger partial charge in [-0.3, -0.25) is 10.1 Å². The maximum absolute atomic E-state index is 12.7. The molecular weight excluding hydrogens is 317 g/mol. The summed E-state index contributed by atoms with van der Waals surface area (Å²) in [6.45, 7) is 3.56. The van der Waals surface area contributed by atoms with Crippen LogP contribution in [-0.4, -0.2) is 11.5 Å². The van der Waals surface area contributed by atoms with Gasteiger partial charge in [0.05, 0.1) is 10.5 Å². The molecule has 1 rings (SSSR count). The molecule has 0 radical (unpaired) electrons. The molecule has 98 valence electrons. The zero-order valence-electron chi connectivity index (χ0n) is 8.92. The van der Waals surface area contributed by atoms with Crippen LogP contribution >= 0.6 is 15.9 Å². The van der Waals surface area contributed by atoms with Crippen LogP contribution in [0.3, 0.4) is 0 Å². The minimum absolute atomic E-state index is 0.0842. The second-order valence-electron chi connectivity index (χ2n) is 3.36. The first-order valence-electron chi connectivity index (χ1n) is 4.64. The van der Waals surface area contributed by atoms with Crippen LogP contribution in [0.4, 0.5) is 24.5 Å². The summed E-state index contributed by atoms with van der Waals surface area (Å²) in [4.78, 5) is 9.58. The van der Waals surface area contributed by atoms with E-state index in [9.17, 15) is 23.3 Å². The predicted octanol–water partition coefficient (Wildman–Crippen LogP) is 3.93. The van der Waals surface area contributed by atoms with E-state index in [-0.39, 0.29) is 12.2 Å². The van der Waals surface area contributed by atoms with Crippen molar-refractivity contribution >= 4 is 27.3 Å². The summed E-state index contributed by atoms with van der Waals surface area (Å²) < 4.78 is 38.6. The standard InChI is InChI=1S/C10H8BrF3N2O2/c1-6(11)5-15-9-3-2-7(16(17)18)4-8(9)10(12,13)14/h2-4,15H,1,5H2. The fourth-order valence-electron chi connectivity index (χ4n) is 1.23. The van der Waals surface area contributed by atoms with E-state index in [1.165, 1.54) is 0 Å². The first-order valence-corrected chi connectivity index (χ1v) is 5.44. The van der Waals surface area contributed by atoms with E-state index in [2.05, 4.69) is 27.8 Å². The van der Waals surface area contributed by atoms with E-state index in [0.717, 1.165) is 12.1 Å². The Kier molecular flexibility index (Phi) is 4.33.